The van der Waals surface area contributed by atoms with Crippen molar-refractivity contribution in [1.82, 2.24) is 4.98 Å². The first kappa shape index (κ1) is 9.62. The summed E-state index contributed by atoms with van der Waals surface area (Å²) in [6, 6.07) is 2.60. The van der Waals surface area contributed by atoms with Gasteiger partial charge in [-0.25, -0.2) is 4.79 Å². The third kappa shape index (κ3) is 2.26. The number of carbonyl (C=O) groups excluding carboxylic acids is 1. The smallest absolute Gasteiger partial charge is 0.279 e. The quantitative estimate of drug-likeness (QED) is 0.239. The van der Waals surface area contributed by atoms with Gasteiger partial charge in [-0.3, -0.25) is 9.82 Å². The molecule has 0 fully saturated rings. The third-order valence-corrected chi connectivity index (χ3v) is 1.25. The maximum atomic E-state index is 10.9. The normalized spacial score (nSPS) is 8.57. The van der Waals surface area contributed by atoms with Crippen molar-refractivity contribution in [3.05, 3.63) is 39.2 Å². The van der Waals surface area contributed by atoms with Gasteiger partial charge in [-0.05, 0) is 22.8 Å². The lowest BCUT2D eigenvalue weighted by Crippen LogP contribution is -1.99. The minimum atomic E-state index is -0.917. The number of hydrogen-bond donors (Lipinski definition) is 0. The topological polar surface area (TPSA) is 117 Å². The number of nitrogens with zero attached hydrogens (tertiary/aromatic N) is 5. The summed E-state index contributed by atoms with van der Waals surface area (Å²) in [6.45, 7) is 0. The number of carbonyl (C=O) groups is 1. The summed E-state index contributed by atoms with van der Waals surface area (Å²) in [5, 5.41) is 5.15. The van der Waals surface area contributed by atoms with Crippen LogP contribution in [0.4, 0.5) is 5.82 Å². The van der Waals surface area contributed by atoms with Crippen molar-refractivity contribution in [3.8, 4) is 0 Å². The van der Waals surface area contributed by atoms with E-state index in [4.69, 9.17) is 5.53 Å². The molecule has 1 rings (SSSR count). The van der Waals surface area contributed by atoms with Crippen LogP contribution in [0.15, 0.2) is 28.8 Å². The van der Waals surface area contributed by atoms with Crippen molar-refractivity contribution in [1.29, 1.82) is 0 Å². The van der Waals surface area contributed by atoms with Crippen molar-refractivity contribution in [3.63, 3.8) is 0 Å². The Kier molecular flexibility index (Phi) is 3.11. The van der Waals surface area contributed by atoms with Gasteiger partial charge >= 0.3 is 5.97 Å². The fourth-order valence-corrected chi connectivity index (χ4v) is 0.698. The fourth-order valence-electron chi connectivity index (χ4n) is 0.698. The molecule has 14 heavy (non-hydrogen) atoms. The fraction of sp³-hybridized carbons (Fsp3) is 0. The minimum absolute atomic E-state index is 0.0430. The van der Waals surface area contributed by atoms with E-state index in [-0.39, 0.29) is 11.4 Å². The van der Waals surface area contributed by atoms with Crippen molar-refractivity contribution < 1.29 is 9.63 Å². The molecule has 0 unspecified atom stereocenters. The van der Waals surface area contributed by atoms with Gasteiger partial charge in [0.25, 0.3) is 0 Å². The highest BCUT2D eigenvalue weighted by atomic mass is 16.7. The van der Waals surface area contributed by atoms with Gasteiger partial charge in [0, 0.05) is 11.1 Å². The standard InChI is InChI=1S/C6H3N5O3/c7-10-9-5-2-1-4(3-8-5)6(12)14-11-13/h1-3H. The summed E-state index contributed by atoms with van der Waals surface area (Å²) in [7, 11) is 0. The monoisotopic (exact) mass is 193 g/mol. The molecule has 0 saturated heterocycles. The van der Waals surface area contributed by atoms with Gasteiger partial charge in [0.1, 0.15) is 5.82 Å². The molecule has 1 aromatic heterocycles. The lowest BCUT2D eigenvalue weighted by Gasteiger charge is -1.94. The first-order chi connectivity index (χ1) is 6.77. The Labute approximate surface area is 77.1 Å². The van der Waals surface area contributed by atoms with Crippen LogP contribution >= 0.6 is 0 Å². The second kappa shape index (κ2) is 4.53. The molecule has 1 heterocycles. The number of rotatable bonds is 3. The van der Waals surface area contributed by atoms with Gasteiger partial charge in [-0.15, -0.1) is 4.91 Å². The molecular weight excluding hydrogens is 190 g/mol. The van der Waals surface area contributed by atoms with Gasteiger partial charge in [-0.2, -0.15) is 0 Å². The van der Waals surface area contributed by atoms with Crippen LogP contribution < -0.4 is 0 Å². The summed E-state index contributed by atoms with van der Waals surface area (Å²) < 4.78 is 0. The SMILES string of the molecule is [N-]=[N+]=Nc1ccc(C(=O)ON=O)cn1. The van der Waals surface area contributed by atoms with E-state index in [1.54, 1.807) is 0 Å². The summed E-state index contributed by atoms with van der Waals surface area (Å²) in [4.78, 5) is 30.3. The second-order valence-corrected chi connectivity index (χ2v) is 2.05. The zero-order valence-corrected chi connectivity index (χ0v) is 6.69. The maximum Gasteiger partial charge on any atom is 0.370 e. The highest BCUT2D eigenvalue weighted by Gasteiger charge is 2.07. The Balaban J connectivity index is 2.87. The Morgan fingerprint density at radius 1 is 1.57 bits per heavy atom. The molecule has 1 aromatic rings. The highest BCUT2D eigenvalue weighted by molar-refractivity contribution is 5.88. The number of azide groups is 1. The van der Waals surface area contributed by atoms with Crippen LogP contribution in [-0.4, -0.2) is 11.0 Å². The molecular formula is C6H3N5O3. The van der Waals surface area contributed by atoms with E-state index < -0.39 is 5.97 Å². The van der Waals surface area contributed by atoms with Crippen molar-refractivity contribution in [2.45, 2.75) is 0 Å². The lowest BCUT2D eigenvalue weighted by molar-refractivity contribution is 0.0508. The molecule has 70 valence electrons. The summed E-state index contributed by atoms with van der Waals surface area (Å²) in [5.41, 5.74) is 8.10. The van der Waals surface area contributed by atoms with Gasteiger partial charge in [0.2, 0.25) is 0 Å². The molecule has 8 heteroatoms. The second-order valence-electron chi connectivity index (χ2n) is 2.05. The molecule has 8 nitrogen and oxygen atoms in total. The van der Waals surface area contributed by atoms with E-state index in [0.717, 1.165) is 6.20 Å². The van der Waals surface area contributed by atoms with Crippen molar-refractivity contribution in [2.24, 2.45) is 10.5 Å². The zero-order valence-electron chi connectivity index (χ0n) is 6.69. The van der Waals surface area contributed by atoms with Gasteiger partial charge in [0.15, 0.2) is 5.34 Å². The van der Waals surface area contributed by atoms with Crippen molar-refractivity contribution >= 4 is 11.8 Å². The van der Waals surface area contributed by atoms with Crippen LogP contribution in [0.1, 0.15) is 10.4 Å². The Morgan fingerprint density at radius 3 is 2.86 bits per heavy atom. The van der Waals surface area contributed by atoms with Crippen LogP contribution in [0.2, 0.25) is 0 Å². The van der Waals surface area contributed by atoms with E-state index in [0.29, 0.717) is 0 Å². The first-order valence-corrected chi connectivity index (χ1v) is 3.33. The van der Waals surface area contributed by atoms with E-state index in [1.807, 2.05) is 5.34 Å². The Morgan fingerprint density at radius 2 is 2.36 bits per heavy atom. The highest BCUT2D eigenvalue weighted by Crippen LogP contribution is 2.09. The van der Waals surface area contributed by atoms with Crippen LogP contribution in [-0.2, 0) is 4.84 Å². The average molecular weight is 193 g/mol. The predicted octanol–water partition coefficient (Wildman–Crippen LogP) is 1.86. The van der Waals surface area contributed by atoms with Crippen LogP contribution in [0.25, 0.3) is 10.4 Å². The Bertz CT molecular complexity index is 394. The zero-order chi connectivity index (χ0) is 10.4. The predicted molar refractivity (Wildman–Crippen MR) is 44.3 cm³/mol. The minimum Gasteiger partial charge on any atom is -0.279 e. The molecule has 0 amide bonds. The number of hydrogen-bond acceptors (Lipinski definition) is 6. The summed E-state index contributed by atoms with van der Waals surface area (Å²) in [5.74, 6) is -0.803. The van der Waals surface area contributed by atoms with Crippen LogP contribution in [0.5, 0.6) is 0 Å². The molecule has 0 aromatic carbocycles. The van der Waals surface area contributed by atoms with Crippen molar-refractivity contribution in [2.75, 3.05) is 0 Å². The average Bonchev–Trinajstić information content (AvgIpc) is 2.20. The van der Waals surface area contributed by atoms with E-state index in [9.17, 15) is 9.70 Å². The van der Waals surface area contributed by atoms with Crippen LogP contribution in [0.3, 0.4) is 0 Å². The summed E-state index contributed by atoms with van der Waals surface area (Å²) >= 11 is 0. The molecule has 0 saturated carbocycles. The molecule has 0 spiro atoms. The van der Waals surface area contributed by atoms with Gasteiger partial charge in [0.05, 0.1) is 5.56 Å². The first-order valence-electron chi connectivity index (χ1n) is 3.33. The summed E-state index contributed by atoms with van der Waals surface area (Å²) in [6.07, 6.45) is 1.11. The maximum absolute atomic E-state index is 10.9. The molecule has 0 aliphatic heterocycles. The number of aromatic nitrogens is 1. The van der Waals surface area contributed by atoms with Gasteiger partial charge < -0.3 is 0 Å². The molecule has 0 bridgehead atoms. The molecule has 0 atom stereocenters. The van der Waals surface area contributed by atoms with Crippen LogP contribution in [0, 0.1) is 4.91 Å². The molecule has 0 radical (unpaired) electrons. The number of pyridine rings is 1. The molecule has 0 aliphatic carbocycles. The van der Waals surface area contributed by atoms with E-state index in [1.165, 1.54) is 12.1 Å². The van der Waals surface area contributed by atoms with E-state index in [2.05, 4.69) is 19.8 Å². The Hall–Kier alpha value is -2.47. The van der Waals surface area contributed by atoms with E-state index >= 15 is 0 Å². The molecule has 0 N–H and O–H groups in total. The third-order valence-electron chi connectivity index (χ3n) is 1.25. The lowest BCUT2D eigenvalue weighted by atomic mass is 10.3. The molecule has 0 aliphatic rings. The van der Waals surface area contributed by atoms with Gasteiger partial charge in [-0.1, -0.05) is 0 Å². The largest absolute Gasteiger partial charge is 0.370 e.